The Balaban J connectivity index is 1.69. The molecule has 3 rings (SSSR count). The summed E-state index contributed by atoms with van der Waals surface area (Å²) in [6, 6.07) is 3.07. The summed E-state index contributed by atoms with van der Waals surface area (Å²) in [6.07, 6.45) is 8.46. The smallest absolute Gasteiger partial charge is 0.0703 e. The molecule has 3 aliphatic rings. The zero-order valence-electron chi connectivity index (χ0n) is 11.9. The number of piperidine rings is 1. The summed E-state index contributed by atoms with van der Waals surface area (Å²) in [4.78, 5) is 2.80. The Bertz CT molecular complexity index is 272. The predicted molar refractivity (Wildman–Crippen MR) is 73.8 cm³/mol. The summed E-state index contributed by atoms with van der Waals surface area (Å²) in [5.41, 5.74) is 0. The number of nitrogens with zero attached hydrogens (tertiary/aromatic N) is 1. The number of ether oxygens (including phenoxy) is 1. The summed E-state index contributed by atoms with van der Waals surface area (Å²) in [5.74, 6) is 0. The van der Waals surface area contributed by atoms with Gasteiger partial charge in [0.05, 0.1) is 6.10 Å². The van der Waals surface area contributed by atoms with Crippen molar-refractivity contribution in [3.63, 3.8) is 0 Å². The largest absolute Gasteiger partial charge is 0.377 e. The van der Waals surface area contributed by atoms with E-state index in [0.717, 1.165) is 24.7 Å². The molecule has 0 aromatic rings. The lowest BCUT2D eigenvalue weighted by atomic mass is 9.95. The van der Waals surface area contributed by atoms with E-state index in [4.69, 9.17) is 4.74 Å². The van der Waals surface area contributed by atoms with Gasteiger partial charge in [-0.05, 0) is 52.0 Å². The van der Waals surface area contributed by atoms with E-state index in [1.807, 2.05) is 0 Å². The summed E-state index contributed by atoms with van der Waals surface area (Å²) < 4.78 is 5.80. The van der Waals surface area contributed by atoms with Gasteiger partial charge >= 0.3 is 0 Å². The maximum absolute atomic E-state index is 5.80. The van der Waals surface area contributed by atoms with Gasteiger partial charge in [0.25, 0.3) is 0 Å². The molecule has 104 valence electrons. The Morgan fingerprint density at radius 1 is 1.17 bits per heavy atom. The fourth-order valence-electron chi connectivity index (χ4n) is 4.33. The van der Waals surface area contributed by atoms with Crippen LogP contribution in [0.15, 0.2) is 0 Å². The number of hydrogen-bond acceptors (Lipinski definition) is 3. The number of nitrogens with one attached hydrogen (secondary N) is 1. The van der Waals surface area contributed by atoms with Crippen LogP contribution >= 0.6 is 0 Å². The molecule has 1 N–H and O–H groups in total. The molecule has 2 bridgehead atoms. The molecule has 3 heteroatoms. The molecule has 0 radical (unpaired) electrons. The van der Waals surface area contributed by atoms with Gasteiger partial charge in [-0.25, -0.2) is 0 Å². The molecule has 0 amide bonds. The van der Waals surface area contributed by atoms with Crippen molar-refractivity contribution in [1.29, 1.82) is 0 Å². The Kier molecular flexibility index (Phi) is 3.92. The first-order valence-electron chi connectivity index (χ1n) is 7.91. The van der Waals surface area contributed by atoms with Crippen molar-refractivity contribution in [3.05, 3.63) is 0 Å². The Hall–Kier alpha value is -0.120. The fourth-order valence-corrected chi connectivity index (χ4v) is 4.33. The minimum atomic E-state index is 0.434. The molecule has 3 heterocycles. The maximum Gasteiger partial charge on any atom is 0.0703 e. The van der Waals surface area contributed by atoms with Gasteiger partial charge in [0.15, 0.2) is 0 Å². The molecule has 4 unspecified atom stereocenters. The lowest BCUT2D eigenvalue weighted by Crippen LogP contribution is -2.53. The molecule has 3 saturated heterocycles. The Labute approximate surface area is 111 Å². The van der Waals surface area contributed by atoms with E-state index in [-0.39, 0.29) is 0 Å². The van der Waals surface area contributed by atoms with Crippen LogP contribution in [0.1, 0.15) is 52.4 Å². The third-order valence-corrected chi connectivity index (χ3v) is 5.16. The Morgan fingerprint density at radius 2 is 1.89 bits per heavy atom. The highest BCUT2D eigenvalue weighted by Gasteiger charge is 2.40. The van der Waals surface area contributed by atoms with Gasteiger partial charge in [-0.3, -0.25) is 4.90 Å². The van der Waals surface area contributed by atoms with Crippen LogP contribution in [0, 0.1) is 0 Å². The highest BCUT2D eigenvalue weighted by Crippen LogP contribution is 2.33. The van der Waals surface area contributed by atoms with Crippen molar-refractivity contribution in [3.8, 4) is 0 Å². The molecule has 4 atom stereocenters. The SMILES string of the molecule is CCCN(C1CC2CCC(C1)N2)C1CCOC1C. The standard InChI is InChI=1S/C15H28N2O/c1-3-7-17(15-6-8-18-11(15)2)14-9-12-4-5-13(10-14)16-12/h11-16H,3-10H2,1-2H3. The third-order valence-electron chi connectivity index (χ3n) is 5.16. The number of fused-ring (bicyclic) bond motifs is 2. The quantitative estimate of drug-likeness (QED) is 0.830. The van der Waals surface area contributed by atoms with Crippen molar-refractivity contribution in [1.82, 2.24) is 10.2 Å². The van der Waals surface area contributed by atoms with E-state index in [2.05, 4.69) is 24.1 Å². The van der Waals surface area contributed by atoms with Crippen LogP contribution in [0.4, 0.5) is 0 Å². The fraction of sp³-hybridized carbons (Fsp3) is 1.00. The molecular formula is C15H28N2O. The van der Waals surface area contributed by atoms with Gasteiger partial charge < -0.3 is 10.1 Å². The van der Waals surface area contributed by atoms with Crippen LogP contribution in [0.25, 0.3) is 0 Å². The average Bonchev–Trinajstić information content (AvgIpc) is 2.93. The maximum atomic E-state index is 5.80. The third kappa shape index (κ3) is 2.45. The molecule has 3 fully saturated rings. The number of rotatable bonds is 4. The first kappa shape index (κ1) is 12.9. The predicted octanol–water partition coefficient (Wildman–Crippen LogP) is 2.16. The molecule has 0 aromatic heterocycles. The molecule has 0 saturated carbocycles. The van der Waals surface area contributed by atoms with Crippen molar-refractivity contribution in [2.45, 2.75) is 82.6 Å². The van der Waals surface area contributed by atoms with Crippen molar-refractivity contribution >= 4 is 0 Å². The van der Waals surface area contributed by atoms with Gasteiger partial charge in [-0.15, -0.1) is 0 Å². The first-order valence-corrected chi connectivity index (χ1v) is 7.91. The van der Waals surface area contributed by atoms with E-state index >= 15 is 0 Å². The van der Waals surface area contributed by atoms with Crippen LogP contribution in [-0.4, -0.2) is 48.3 Å². The topological polar surface area (TPSA) is 24.5 Å². The van der Waals surface area contributed by atoms with Crippen LogP contribution < -0.4 is 5.32 Å². The summed E-state index contributed by atoms with van der Waals surface area (Å²) in [6.45, 7) is 6.78. The van der Waals surface area contributed by atoms with Crippen LogP contribution in [-0.2, 0) is 4.74 Å². The van der Waals surface area contributed by atoms with Crippen LogP contribution in [0.3, 0.4) is 0 Å². The highest BCUT2D eigenvalue weighted by atomic mass is 16.5. The van der Waals surface area contributed by atoms with Gasteiger partial charge in [-0.1, -0.05) is 6.92 Å². The zero-order valence-corrected chi connectivity index (χ0v) is 11.9. The molecular weight excluding hydrogens is 224 g/mol. The van der Waals surface area contributed by atoms with Crippen molar-refractivity contribution in [2.24, 2.45) is 0 Å². The van der Waals surface area contributed by atoms with Gasteiger partial charge in [0.1, 0.15) is 0 Å². The van der Waals surface area contributed by atoms with Gasteiger partial charge in [0, 0.05) is 30.8 Å². The van der Waals surface area contributed by atoms with Crippen molar-refractivity contribution in [2.75, 3.05) is 13.2 Å². The van der Waals surface area contributed by atoms with Gasteiger partial charge in [-0.2, -0.15) is 0 Å². The van der Waals surface area contributed by atoms with E-state index in [1.54, 1.807) is 0 Å². The molecule has 0 spiro atoms. The van der Waals surface area contributed by atoms with E-state index in [1.165, 1.54) is 45.1 Å². The van der Waals surface area contributed by atoms with E-state index < -0.39 is 0 Å². The van der Waals surface area contributed by atoms with Crippen LogP contribution in [0.2, 0.25) is 0 Å². The second kappa shape index (κ2) is 5.48. The second-order valence-electron chi connectivity index (χ2n) is 6.43. The van der Waals surface area contributed by atoms with E-state index in [9.17, 15) is 0 Å². The van der Waals surface area contributed by atoms with Crippen LogP contribution in [0.5, 0.6) is 0 Å². The van der Waals surface area contributed by atoms with Gasteiger partial charge in [0.2, 0.25) is 0 Å². The number of hydrogen-bond donors (Lipinski definition) is 1. The first-order chi connectivity index (χ1) is 8.78. The lowest BCUT2D eigenvalue weighted by molar-refractivity contribution is 0.0386. The average molecular weight is 252 g/mol. The second-order valence-corrected chi connectivity index (χ2v) is 6.43. The van der Waals surface area contributed by atoms with Crippen molar-refractivity contribution < 1.29 is 4.74 Å². The lowest BCUT2D eigenvalue weighted by Gasteiger charge is -2.42. The monoisotopic (exact) mass is 252 g/mol. The minimum absolute atomic E-state index is 0.434. The van der Waals surface area contributed by atoms with E-state index in [0.29, 0.717) is 12.1 Å². The molecule has 0 aromatic carbocycles. The normalized spacial score (nSPS) is 43.8. The highest BCUT2D eigenvalue weighted by molar-refractivity contribution is 4.98. The summed E-state index contributed by atoms with van der Waals surface area (Å²) in [7, 11) is 0. The summed E-state index contributed by atoms with van der Waals surface area (Å²) >= 11 is 0. The minimum Gasteiger partial charge on any atom is -0.377 e. The summed E-state index contributed by atoms with van der Waals surface area (Å²) in [5, 5.41) is 3.76. The molecule has 0 aliphatic carbocycles. The Morgan fingerprint density at radius 3 is 2.44 bits per heavy atom. The zero-order chi connectivity index (χ0) is 12.5. The molecule has 3 aliphatic heterocycles. The molecule has 3 nitrogen and oxygen atoms in total. The molecule has 18 heavy (non-hydrogen) atoms.